The van der Waals surface area contributed by atoms with Crippen LogP contribution in [0.4, 0.5) is 0 Å². The minimum atomic E-state index is -0.247. The molecule has 0 saturated carbocycles. The minimum Gasteiger partial charge on any atom is -0.462 e. The molecule has 2 nitrogen and oxygen atoms in total. The Bertz CT molecular complexity index is 359. The molecule has 0 fully saturated rings. The molecule has 1 aromatic rings. The molecule has 0 heterocycles. The monoisotopic (exact) mass is 204 g/mol. The van der Waals surface area contributed by atoms with Crippen LogP contribution in [0.1, 0.15) is 26.3 Å². The smallest absolute Gasteiger partial charge is 0.338 e. The maximum Gasteiger partial charge on any atom is 0.338 e. The van der Waals surface area contributed by atoms with Gasteiger partial charge in [-0.2, -0.15) is 0 Å². The van der Waals surface area contributed by atoms with Gasteiger partial charge >= 0.3 is 5.97 Å². The molecule has 1 rings (SSSR count). The second kappa shape index (κ2) is 5.35. The summed E-state index contributed by atoms with van der Waals surface area (Å²) >= 11 is 0. The average Bonchev–Trinajstić information content (AvgIpc) is 2.19. The highest BCUT2D eigenvalue weighted by Gasteiger charge is 2.13. The summed E-state index contributed by atoms with van der Waals surface area (Å²) in [6, 6.07) is 9.59. The molecular formula is C13H16O2. The van der Waals surface area contributed by atoms with Crippen LogP contribution in [0, 0.1) is 0 Å². The van der Waals surface area contributed by atoms with Gasteiger partial charge in [-0.15, -0.1) is 0 Å². The van der Waals surface area contributed by atoms with Gasteiger partial charge < -0.3 is 4.74 Å². The van der Waals surface area contributed by atoms with Gasteiger partial charge in [0.05, 0.1) is 12.2 Å². The quantitative estimate of drug-likeness (QED) is 0.558. The first-order chi connectivity index (χ1) is 7.16. The third-order valence-corrected chi connectivity index (χ3v) is 2.04. The molecule has 0 bridgehead atoms. The summed E-state index contributed by atoms with van der Waals surface area (Å²) in [6.45, 7) is 6.05. The predicted molar refractivity (Wildman–Crippen MR) is 61.3 cm³/mol. The molecule has 0 radical (unpaired) electrons. The van der Waals surface area contributed by atoms with Crippen LogP contribution in [-0.4, -0.2) is 12.6 Å². The van der Waals surface area contributed by atoms with Gasteiger partial charge in [-0.1, -0.05) is 35.9 Å². The number of hydrogen-bond acceptors (Lipinski definition) is 2. The lowest BCUT2D eigenvalue weighted by Crippen LogP contribution is -2.08. The first-order valence-corrected chi connectivity index (χ1v) is 5.06. The van der Waals surface area contributed by atoms with Crippen molar-refractivity contribution in [3.05, 3.63) is 41.5 Å². The Morgan fingerprint density at radius 2 is 1.80 bits per heavy atom. The molecule has 0 spiro atoms. The zero-order chi connectivity index (χ0) is 11.3. The van der Waals surface area contributed by atoms with E-state index < -0.39 is 0 Å². The van der Waals surface area contributed by atoms with E-state index in [1.54, 1.807) is 0 Å². The van der Waals surface area contributed by atoms with Crippen LogP contribution < -0.4 is 0 Å². The van der Waals surface area contributed by atoms with Crippen LogP contribution in [0.3, 0.4) is 0 Å². The van der Waals surface area contributed by atoms with Crippen molar-refractivity contribution in [1.82, 2.24) is 0 Å². The van der Waals surface area contributed by atoms with E-state index in [2.05, 4.69) is 0 Å². The number of allylic oxidation sites excluding steroid dienone is 1. The van der Waals surface area contributed by atoms with Crippen molar-refractivity contribution in [1.29, 1.82) is 0 Å². The Kier molecular flexibility index (Phi) is 4.10. The topological polar surface area (TPSA) is 26.3 Å². The molecule has 0 aliphatic rings. The van der Waals surface area contributed by atoms with Gasteiger partial charge in [0.15, 0.2) is 0 Å². The normalized spacial score (nSPS) is 9.53. The summed E-state index contributed by atoms with van der Waals surface area (Å²) in [7, 11) is 0. The first kappa shape index (κ1) is 11.5. The van der Waals surface area contributed by atoms with Crippen molar-refractivity contribution >= 4 is 11.5 Å². The number of rotatable bonds is 3. The highest BCUT2D eigenvalue weighted by atomic mass is 16.5. The number of carbonyl (C=O) groups is 1. The number of carbonyl (C=O) groups excluding carboxylic acids is 1. The summed E-state index contributed by atoms with van der Waals surface area (Å²) in [5.74, 6) is -0.247. The first-order valence-electron chi connectivity index (χ1n) is 5.06. The lowest BCUT2D eigenvalue weighted by Gasteiger charge is -2.08. The Labute approximate surface area is 90.6 Å². The molecule has 0 N–H and O–H groups in total. The minimum absolute atomic E-state index is 0.247. The maximum absolute atomic E-state index is 11.7. The SMILES string of the molecule is CCOC(=O)C(=C(C)C)c1ccccc1. The number of esters is 1. The van der Waals surface area contributed by atoms with E-state index in [1.807, 2.05) is 51.1 Å². The van der Waals surface area contributed by atoms with E-state index in [4.69, 9.17) is 4.74 Å². The van der Waals surface area contributed by atoms with Crippen LogP contribution in [0.15, 0.2) is 35.9 Å². The highest BCUT2D eigenvalue weighted by molar-refractivity contribution is 6.17. The molecule has 0 unspecified atom stereocenters. The summed E-state index contributed by atoms with van der Waals surface area (Å²) < 4.78 is 5.02. The van der Waals surface area contributed by atoms with Crippen molar-refractivity contribution in [2.75, 3.05) is 6.61 Å². The molecule has 0 aliphatic carbocycles. The molecule has 0 aliphatic heterocycles. The molecular weight excluding hydrogens is 188 g/mol. The van der Waals surface area contributed by atoms with Crippen molar-refractivity contribution in [3.63, 3.8) is 0 Å². The third kappa shape index (κ3) is 2.94. The van der Waals surface area contributed by atoms with Gasteiger partial charge in [-0.25, -0.2) is 4.79 Å². The summed E-state index contributed by atoms with van der Waals surface area (Å²) in [4.78, 5) is 11.7. The molecule has 80 valence electrons. The van der Waals surface area contributed by atoms with Gasteiger partial charge in [0.25, 0.3) is 0 Å². The Morgan fingerprint density at radius 1 is 1.20 bits per heavy atom. The molecule has 0 atom stereocenters. The summed E-state index contributed by atoms with van der Waals surface area (Å²) in [5, 5.41) is 0. The van der Waals surface area contributed by atoms with Crippen LogP contribution in [0.5, 0.6) is 0 Å². The molecule has 0 aromatic heterocycles. The molecule has 1 aromatic carbocycles. The third-order valence-electron chi connectivity index (χ3n) is 2.04. The van der Waals surface area contributed by atoms with E-state index in [0.29, 0.717) is 12.2 Å². The van der Waals surface area contributed by atoms with E-state index in [-0.39, 0.29) is 5.97 Å². The van der Waals surface area contributed by atoms with Crippen molar-refractivity contribution in [3.8, 4) is 0 Å². The summed E-state index contributed by atoms with van der Waals surface area (Å²) in [6.07, 6.45) is 0. The highest BCUT2D eigenvalue weighted by Crippen LogP contribution is 2.19. The fourth-order valence-electron chi connectivity index (χ4n) is 1.42. The number of benzene rings is 1. The van der Waals surface area contributed by atoms with E-state index in [9.17, 15) is 4.79 Å². The van der Waals surface area contributed by atoms with E-state index in [1.165, 1.54) is 0 Å². The zero-order valence-corrected chi connectivity index (χ0v) is 9.41. The van der Waals surface area contributed by atoms with E-state index >= 15 is 0 Å². The van der Waals surface area contributed by atoms with Crippen LogP contribution >= 0.6 is 0 Å². The second-order valence-corrected chi connectivity index (χ2v) is 3.46. The zero-order valence-electron chi connectivity index (χ0n) is 9.41. The van der Waals surface area contributed by atoms with Gasteiger partial charge in [0.1, 0.15) is 0 Å². The number of ether oxygens (including phenoxy) is 1. The Hall–Kier alpha value is -1.57. The van der Waals surface area contributed by atoms with Gasteiger partial charge in [-0.05, 0) is 26.3 Å². The molecule has 2 heteroatoms. The largest absolute Gasteiger partial charge is 0.462 e. The summed E-state index contributed by atoms with van der Waals surface area (Å²) in [5.41, 5.74) is 2.55. The predicted octanol–water partition coefficient (Wildman–Crippen LogP) is 3.04. The second-order valence-electron chi connectivity index (χ2n) is 3.46. The van der Waals surface area contributed by atoms with Crippen LogP contribution in [0.2, 0.25) is 0 Å². The standard InChI is InChI=1S/C13H16O2/c1-4-15-13(14)12(10(2)3)11-8-6-5-7-9-11/h5-9H,4H2,1-3H3. The average molecular weight is 204 g/mol. The van der Waals surface area contributed by atoms with Gasteiger partial charge in [-0.3, -0.25) is 0 Å². The van der Waals surface area contributed by atoms with Crippen molar-refractivity contribution in [2.24, 2.45) is 0 Å². The lowest BCUT2D eigenvalue weighted by atomic mass is 10.0. The van der Waals surface area contributed by atoms with E-state index in [0.717, 1.165) is 11.1 Å². The van der Waals surface area contributed by atoms with Crippen LogP contribution in [0.25, 0.3) is 5.57 Å². The Balaban J connectivity index is 3.06. The van der Waals surface area contributed by atoms with Gasteiger partial charge in [0, 0.05) is 0 Å². The molecule has 0 amide bonds. The number of hydrogen-bond donors (Lipinski definition) is 0. The fraction of sp³-hybridized carbons (Fsp3) is 0.308. The van der Waals surface area contributed by atoms with Gasteiger partial charge in [0.2, 0.25) is 0 Å². The van der Waals surface area contributed by atoms with Crippen molar-refractivity contribution in [2.45, 2.75) is 20.8 Å². The van der Waals surface area contributed by atoms with Crippen LogP contribution in [-0.2, 0) is 9.53 Å². The maximum atomic E-state index is 11.7. The fourth-order valence-corrected chi connectivity index (χ4v) is 1.42. The Morgan fingerprint density at radius 3 is 2.27 bits per heavy atom. The lowest BCUT2D eigenvalue weighted by molar-refractivity contribution is -0.136. The molecule has 0 saturated heterocycles. The van der Waals surface area contributed by atoms with Crippen molar-refractivity contribution < 1.29 is 9.53 Å². The molecule has 15 heavy (non-hydrogen) atoms.